The molecule has 1 aromatic carbocycles. The van der Waals surface area contributed by atoms with Crippen LogP contribution in [0.25, 0.3) is 0 Å². The minimum atomic E-state index is 0.225. The summed E-state index contributed by atoms with van der Waals surface area (Å²) >= 11 is 3.46. The molecule has 0 spiro atoms. The fourth-order valence-corrected chi connectivity index (χ4v) is 2.75. The van der Waals surface area contributed by atoms with E-state index in [0.29, 0.717) is 12.6 Å². The first-order chi connectivity index (χ1) is 8.78. The smallest absolute Gasteiger partial charge is 0.0556 e. The van der Waals surface area contributed by atoms with Gasteiger partial charge >= 0.3 is 0 Å². The molecule has 3 nitrogen and oxygen atoms in total. The van der Waals surface area contributed by atoms with Gasteiger partial charge in [0.1, 0.15) is 0 Å². The van der Waals surface area contributed by atoms with Gasteiger partial charge in [-0.2, -0.15) is 0 Å². The van der Waals surface area contributed by atoms with Crippen LogP contribution in [-0.4, -0.2) is 42.3 Å². The summed E-state index contributed by atoms with van der Waals surface area (Å²) in [5.41, 5.74) is 1.36. The number of hydrogen-bond acceptors (Lipinski definition) is 3. The van der Waals surface area contributed by atoms with Crippen LogP contribution in [0.4, 0.5) is 0 Å². The quantitative estimate of drug-likeness (QED) is 0.873. The second-order valence-corrected chi connectivity index (χ2v) is 5.79. The Kier molecular flexibility index (Phi) is 5.63. The zero-order valence-electron chi connectivity index (χ0n) is 10.6. The fourth-order valence-electron chi connectivity index (χ4n) is 2.48. The number of halogens is 1. The second kappa shape index (κ2) is 7.24. The highest BCUT2D eigenvalue weighted by molar-refractivity contribution is 9.10. The lowest BCUT2D eigenvalue weighted by Gasteiger charge is -2.33. The largest absolute Gasteiger partial charge is 0.395 e. The summed E-state index contributed by atoms with van der Waals surface area (Å²) in [5, 5.41) is 12.2. The molecular weight excluding hydrogens is 292 g/mol. The zero-order chi connectivity index (χ0) is 12.8. The Morgan fingerprint density at radius 3 is 2.83 bits per heavy atom. The topological polar surface area (TPSA) is 35.5 Å². The van der Waals surface area contributed by atoms with Crippen molar-refractivity contribution >= 4 is 15.9 Å². The van der Waals surface area contributed by atoms with E-state index in [-0.39, 0.29) is 6.61 Å². The first-order valence-corrected chi connectivity index (χ1v) is 7.38. The Hall–Kier alpha value is -0.420. The first-order valence-electron chi connectivity index (χ1n) is 6.59. The lowest BCUT2D eigenvalue weighted by molar-refractivity contribution is 0.177. The maximum atomic E-state index is 8.84. The summed E-state index contributed by atoms with van der Waals surface area (Å²) in [5.74, 6) is 0. The predicted molar refractivity (Wildman–Crippen MR) is 77.5 cm³/mol. The number of piperidine rings is 1. The molecule has 0 saturated carbocycles. The van der Waals surface area contributed by atoms with E-state index < -0.39 is 0 Å². The van der Waals surface area contributed by atoms with Crippen LogP contribution in [0.1, 0.15) is 18.4 Å². The van der Waals surface area contributed by atoms with Crippen LogP contribution in [0, 0.1) is 0 Å². The molecular formula is C14H21BrN2O. The molecule has 1 aliphatic rings. The van der Waals surface area contributed by atoms with E-state index in [1.165, 1.54) is 24.9 Å². The molecule has 18 heavy (non-hydrogen) atoms. The van der Waals surface area contributed by atoms with E-state index in [9.17, 15) is 0 Å². The maximum Gasteiger partial charge on any atom is 0.0556 e. The van der Waals surface area contributed by atoms with Gasteiger partial charge in [0.2, 0.25) is 0 Å². The molecule has 1 aliphatic heterocycles. The molecule has 100 valence electrons. The molecule has 4 heteroatoms. The highest BCUT2D eigenvalue weighted by Gasteiger charge is 2.18. The van der Waals surface area contributed by atoms with Gasteiger partial charge in [-0.1, -0.05) is 28.1 Å². The number of benzene rings is 1. The molecule has 1 saturated heterocycles. The van der Waals surface area contributed by atoms with E-state index >= 15 is 0 Å². The highest BCUT2D eigenvalue weighted by Crippen LogP contribution is 2.16. The number of nitrogens with zero attached hydrogens (tertiary/aromatic N) is 1. The molecule has 0 aliphatic carbocycles. The normalized spacial score (nSPS) is 21.1. The second-order valence-electron chi connectivity index (χ2n) is 4.88. The standard InChI is InChI=1S/C14H21BrN2O/c15-13-5-3-12(4-6-13)10-17-8-1-2-14(11-17)16-7-9-18/h3-6,14,16,18H,1-2,7-11H2. The van der Waals surface area contributed by atoms with E-state index in [4.69, 9.17) is 5.11 Å². The average molecular weight is 313 g/mol. The maximum absolute atomic E-state index is 8.84. The third kappa shape index (κ3) is 4.35. The fraction of sp³-hybridized carbons (Fsp3) is 0.571. The van der Waals surface area contributed by atoms with Crippen molar-refractivity contribution in [2.24, 2.45) is 0 Å². The van der Waals surface area contributed by atoms with Crippen molar-refractivity contribution < 1.29 is 5.11 Å². The van der Waals surface area contributed by atoms with Gasteiger partial charge in [0, 0.05) is 30.1 Å². The van der Waals surface area contributed by atoms with Crippen molar-refractivity contribution in [3.05, 3.63) is 34.3 Å². The number of rotatable bonds is 5. The molecule has 2 N–H and O–H groups in total. The number of likely N-dealkylation sites (tertiary alicyclic amines) is 1. The average Bonchev–Trinajstić information content (AvgIpc) is 2.40. The van der Waals surface area contributed by atoms with Gasteiger partial charge in [-0.05, 0) is 37.1 Å². The zero-order valence-corrected chi connectivity index (χ0v) is 12.2. The van der Waals surface area contributed by atoms with Gasteiger partial charge in [0.05, 0.1) is 6.61 Å². The molecule has 0 amide bonds. The van der Waals surface area contributed by atoms with E-state index in [1.807, 2.05) is 0 Å². The third-order valence-electron chi connectivity index (χ3n) is 3.37. The molecule has 1 aromatic rings. The van der Waals surface area contributed by atoms with Crippen molar-refractivity contribution in [3.8, 4) is 0 Å². The number of nitrogens with one attached hydrogen (secondary N) is 1. The summed E-state index contributed by atoms with van der Waals surface area (Å²) in [7, 11) is 0. The Morgan fingerprint density at radius 1 is 1.33 bits per heavy atom. The van der Waals surface area contributed by atoms with E-state index in [1.54, 1.807) is 0 Å². The summed E-state index contributed by atoms with van der Waals surface area (Å²) in [6, 6.07) is 9.08. The summed E-state index contributed by atoms with van der Waals surface area (Å²) < 4.78 is 1.13. The molecule has 1 heterocycles. The predicted octanol–water partition coefficient (Wildman–Crippen LogP) is 2.00. The summed E-state index contributed by atoms with van der Waals surface area (Å²) in [6.07, 6.45) is 2.45. The molecule has 0 radical (unpaired) electrons. The molecule has 0 bridgehead atoms. The van der Waals surface area contributed by atoms with Crippen LogP contribution in [-0.2, 0) is 6.54 Å². The molecule has 0 aromatic heterocycles. The highest BCUT2D eigenvalue weighted by atomic mass is 79.9. The van der Waals surface area contributed by atoms with E-state index in [0.717, 1.165) is 17.6 Å². The lowest BCUT2D eigenvalue weighted by atomic mass is 10.0. The van der Waals surface area contributed by atoms with Gasteiger partial charge in [0.15, 0.2) is 0 Å². The van der Waals surface area contributed by atoms with Gasteiger partial charge in [0.25, 0.3) is 0 Å². The number of aliphatic hydroxyl groups excluding tert-OH is 1. The van der Waals surface area contributed by atoms with Crippen LogP contribution in [0.2, 0.25) is 0 Å². The SMILES string of the molecule is OCCNC1CCCN(Cc2ccc(Br)cc2)C1. The first kappa shape index (κ1) is 14.0. The number of hydrogen-bond donors (Lipinski definition) is 2. The van der Waals surface area contributed by atoms with Crippen LogP contribution in [0.3, 0.4) is 0 Å². The van der Waals surface area contributed by atoms with Crippen LogP contribution in [0.5, 0.6) is 0 Å². The van der Waals surface area contributed by atoms with Crippen LogP contribution in [0.15, 0.2) is 28.7 Å². The molecule has 1 atom stereocenters. The lowest BCUT2D eigenvalue weighted by Crippen LogP contribution is -2.46. The van der Waals surface area contributed by atoms with Crippen LogP contribution >= 0.6 is 15.9 Å². The third-order valence-corrected chi connectivity index (χ3v) is 3.90. The minimum Gasteiger partial charge on any atom is -0.395 e. The minimum absolute atomic E-state index is 0.225. The Labute approximate surface area is 117 Å². The van der Waals surface area contributed by atoms with Gasteiger partial charge in [-0.15, -0.1) is 0 Å². The van der Waals surface area contributed by atoms with Gasteiger partial charge in [-0.3, -0.25) is 4.90 Å². The van der Waals surface area contributed by atoms with Crippen molar-refractivity contribution in [1.29, 1.82) is 0 Å². The monoisotopic (exact) mass is 312 g/mol. The van der Waals surface area contributed by atoms with Crippen molar-refractivity contribution in [2.45, 2.75) is 25.4 Å². The summed E-state index contributed by atoms with van der Waals surface area (Å²) in [6.45, 7) is 4.20. The Bertz CT molecular complexity index is 355. The molecule has 1 unspecified atom stereocenters. The number of aliphatic hydroxyl groups is 1. The van der Waals surface area contributed by atoms with E-state index in [2.05, 4.69) is 50.4 Å². The van der Waals surface area contributed by atoms with Crippen molar-refractivity contribution in [2.75, 3.05) is 26.2 Å². The van der Waals surface area contributed by atoms with Crippen LogP contribution < -0.4 is 5.32 Å². The van der Waals surface area contributed by atoms with Crippen molar-refractivity contribution in [3.63, 3.8) is 0 Å². The van der Waals surface area contributed by atoms with Gasteiger partial charge < -0.3 is 10.4 Å². The van der Waals surface area contributed by atoms with Crippen molar-refractivity contribution in [1.82, 2.24) is 10.2 Å². The molecule has 1 fully saturated rings. The summed E-state index contributed by atoms with van der Waals surface area (Å²) in [4.78, 5) is 2.49. The van der Waals surface area contributed by atoms with Gasteiger partial charge in [-0.25, -0.2) is 0 Å². The Balaban J connectivity index is 1.83. The Morgan fingerprint density at radius 2 is 2.11 bits per heavy atom. The molecule has 2 rings (SSSR count).